The molecule has 0 bridgehead atoms. The second kappa shape index (κ2) is 12.8. The van der Waals surface area contributed by atoms with Crippen molar-refractivity contribution >= 4 is 29.5 Å². The third kappa shape index (κ3) is 8.20. The van der Waals surface area contributed by atoms with Crippen LogP contribution >= 0.6 is 0 Å². The summed E-state index contributed by atoms with van der Waals surface area (Å²) in [6, 6.07) is 1.44. The number of Topliss-reactive ketones (excluding diaryl/α,β-unsaturated/α-hetero) is 1. The minimum absolute atomic E-state index is 0.0710. The van der Waals surface area contributed by atoms with Gasteiger partial charge in [-0.3, -0.25) is 24.6 Å². The number of amides is 3. The number of carbonyl (C=O) groups excluding carboxylic acids is 4. The van der Waals surface area contributed by atoms with Gasteiger partial charge in [-0.2, -0.15) is 13.2 Å². The molecule has 1 saturated heterocycles. The number of alkyl halides is 4. The maximum absolute atomic E-state index is 13.0. The number of likely N-dealkylation sites (tertiary alicyclic amines) is 1. The molecule has 1 aromatic carbocycles. The van der Waals surface area contributed by atoms with Crippen molar-refractivity contribution in [2.75, 3.05) is 26.3 Å². The van der Waals surface area contributed by atoms with Crippen molar-refractivity contribution in [3.05, 3.63) is 35.4 Å². The van der Waals surface area contributed by atoms with E-state index in [0.29, 0.717) is 19.3 Å². The summed E-state index contributed by atoms with van der Waals surface area (Å²) in [6.45, 7) is -1.31. The Balaban J connectivity index is 1.93. The van der Waals surface area contributed by atoms with Crippen molar-refractivity contribution in [1.29, 1.82) is 5.41 Å². The molecule has 0 radical (unpaired) electrons. The summed E-state index contributed by atoms with van der Waals surface area (Å²) < 4.78 is 51.0. The zero-order valence-corrected chi connectivity index (χ0v) is 19.3. The van der Waals surface area contributed by atoms with Gasteiger partial charge in [-0.1, -0.05) is 0 Å². The third-order valence-corrected chi connectivity index (χ3v) is 5.57. The molecular formula is C22H28F4N6O4. The Hall–Kier alpha value is -3.71. The first kappa shape index (κ1) is 28.5. The monoisotopic (exact) mass is 516 g/mol. The van der Waals surface area contributed by atoms with Crippen LogP contribution < -0.4 is 21.7 Å². The zero-order chi connectivity index (χ0) is 26.9. The fourth-order valence-electron chi connectivity index (χ4n) is 3.71. The smallest absolute Gasteiger partial charge is 0.370 e. The lowest BCUT2D eigenvalue weighted by atomic mass is 10.1. The molecule has 3 amide bonds. The van der Waals surface area contributed by atoms with E-state index in [-0.39, 0.29) is 31.0 Å². The molecule has 2 atom stereocenters. The Bertz CT molecular complexity index is 970. The van der Waals surface area contributed by atoms with Crippen LogP contribution in [0.3, 0.4) is 0 Å². The molecule has 0 aliphatic carbocycles. The van der Waals surface area contributed by atoms with E-state index < -0.39 is 60.5 Å². The number of hydrogen-bond donors (Lipinski definition) is 5. The highest BCUT2D eigenvalue weighted by atomic mass is 19.4. The van der Waals surface area contributed by atoms with E-state index in [1.54, 1.807) is 0 Å². The van der Waals surface area contributed by atoms with Crippen LogP contribution in [0.5, 0.6) is 0 Å². The molecule has 198 valence electrons. The fourth-order valence-corrected chi connectivity index (χ4v) is 3.71. The topological polar surface area (TPSA) is 157 Å². The Morgan fingerprint density at radius 1 is 1.14 bits per heavy atom. The van der Waals surface area contributed by atoms with Crippen molar-refractivity contribution in [3.63, 3.8) is 0 Å². The van der Waals surface area contributed by atoms with Gasteiger partial charge in [0.1, 0.15) is 12.7 Å². The van der Waals surface area contributed by atoms with Gasteiger partial charge in [-0.15, -0.1) is 0 Å². The number of nitrogens with zero attached hydrogens (tertiary/aromatic N) is 1. The van der Waals surface area contributed by atoms with Crippen LogP contribution in [-0.2, 0) is 20.6 Å². The molecule has 0 unspecified atom stereocenters. The summed E-state index contributed by atoms with van der Waals surface area (Å²) >= 11 is 0. The normalized spacial score (nSPS) is 16.2. The van der Waals surface area contributed by atoms with E-state index in [1.807, 2.05) is 0 Å². The first-order valence-corrected chi connectivity index (χ1v) is 11.2. The second-order valence-electron chi connectivity index (χ2n) is 8.15. The Labute approximate surface area is 204 Å². The van der Waals surface area contributed by atoms with E-state index >= 15 is 0 Å². The number of benzene rings is 1. The maximum Gasteiger partial charge on any atom is 0.416 e. The molecule has 1 aromatic rings. The number of guanidine groups is 1. The predicted molar refractivity (Wildman–Crippen MR) is 121 cm³/mol. The summed E-state index contributed by atoms with van der Waals surface area (Å²) in [4.78, 5) is 50.8. The number of ketones is 1. The molecule has 1 aliphatic heterocycles. The first-order valence-electron chi connectivity index (χ1n) is 11.2. The molecule has 14 heteroatoms. The van der Waals surface area contributed by atoms with Crippen LogP contribution in [-0.4, -0.2) is 72.8 Å². The van der Waals surface area contributed by atoms with Crippen LogP contribution in [0.1, 0.15) is 41.6 Å². The standard InChI is InChI=1S/C22H28F4N6O4/c23-11-17(33)15(3-1-9-29-21(27)28)31-20(36)16-4-2-10-32(16)18(34)12-30-19(35)13-5-7-14(8-6-13)22(24,25)26/h5-8,15-16H,1-4,9-12H2,(H,30,35)(H,31,36)(H4,27,28,29)/t15-,16-/m0/s1. The highest BCUT2D eigenvalue weighted by Crippen LogP contribution is 2.29. The first-order chi connectivity index (χ1) is 16.9. The molecule has 0 spiro atoms. The second-order valence-corrected chi connectivity index (χ2v) is 8.15. The zero-order valence-electron chi connectivity index (χ0n) is 19.3. The van der Waals surface area contributed by atoms with Crippen molar-refractivity contribution in [3.8, 4) is 0 Å². The minimum Gasteiger partial charge on any atom is -0.370 e. The number of halogens is 4. The van der Waals surface area contributed by atoms with Gasteiger partial charge in [0, 0.05) is 18.7 Å². The number of nitrogens with one attached hydrogen (secondary N) is 4. The number of rotatable bonds is 11. The summed E-state index contributed by atoms with van der Waals surface area (Å²) in [5.74, 6) is -3.08. The minimum atomic E-state index is -4.55. The molecule has 36 heavy (non-hydrogen) atoms. The van der Waals surface area contributed by atoms with Gasteiger partial charge in [0.05, 0.1) is 18.2 Å². The number of carbonyl (C=O) groups is 4. The van der Waals surface area contributed by atoms with Crippen molar-refractivity contribution in [1.82, 2.24) is 20.9 Å². The summed E-state index contributed by atoms with van der Waals surface area (Å²) in [5, 5.41) is 14.4. The van der Waals surface area contributed by atoms with Crippen molar-refractivity contribution in [2.45, 2.75) is 43.9 Å². The van der Waals surface area contributed by atoms with Gasteiger partial charge in [0.2, 0.25) is 11.8 Å². The molecule has 1 fully saturated rings. The van der Waals surface area contributed by atoms with Gasteiger partial charge in [0.15, 0.2) is 11.7 Å². The van der Waals surface area contributed by atoms with Gasteiger partial charge >= 0.3 is 6.18 Å². The lowest BCUT2D eigenvalue weighted by molar-refractivity contribution is -0.138. The average molecular weight is 516 g/mol. The van der Waals surface area contributed by atoms with E-state index in [1.165, 1.54) is 4.90 Å². The molecule has 0 aromatic heterocycles. The number of hydrogen-bond acceptors (Lipinski definition) is 5. The van der Waals surface area contributed by atoms with Crippen LogP contribution in [0.25, 0.3) is 0 Å². The summed E-state index contributed by atoms with van der Waals surface area (Å²) in [7, 11) is 0. The fraction of sp³-hybridized carbons (Fsp3) is 0.500. The molecule has 1 heterocycles. The Morgan fingerprint density at radius 3 is 2.39 bits per heavy atom. The third-order valence-electron chi connectivity index (χ3n) is 5.57. The Morgan fingerprint density at radius 2 is 1.81 bits per heavy atom. The number of nitrogens with two attached hydrogens (primary N) is 1. The van der Waals surface area contributed by atoms with Crippen LogP contribution in [0.4, 0.5) is 17.6 Å². The molecule has 6 N–H and O–H groups in total. The van der Waals surface area contributed by atoms with E-state index in [4.69, 9.17) is 11.1 Å². The predicted octanol–water partition coefficient (Wildman–Crippen LogP) is 0.713. The van der Waals surface area contributed by atoms with Crippen LogP contribution in [0.2, 0.25) is 0 Å². The van der Waals surface area contributed by atoms with E-state index in [0.717, 1.165) is 24.3 Å². The van der Waals surface area contributed by atoms with Crippen molar-refractivity contribution < 1.29 is 36.7 Å². The van der Waals surface area contributed by atoms with Crippen LogP contribution in [0, 0.1) is 5.41 Å². The van der Waals surface area contributed by atoms with Crippen molar-refractivity contribution in [2.24, 2.45) is 5.73 Å². The lowest BCUT2D eigenvalue weighted by Crippen LogP contribution is -2.52. The van der Waals surface area contributed by atoms with E-state index in [2.05, 4.69) is 16.0 Å². The van der Waals surface area contributed by atoms with Crippen LogP contribution in [0.15, 0.2) is 24.3 Å². The molecule has 10 nitrogen and oxygen atoms in total. The molecule has 1 aliphatic rings. The molecule has 0 saturated carbocycles. The van der Waals surface area contributed by atoms with Gasteiger partial charge in [-0.05, 0) is 49.9 Å². The van der Waals surface area contributed by atoms with Gasteiger partial charge in [-0.25, -0.2) is 4.39 Å². The quantitative estimate of drug-likeness (QED) is 0.126. The summed E-state index contributed by atoms with van der Waals surface area (Å²) in [5.41, 5.74) is 4.18. The lowest BCUT2D eigenvalue weighted by Gasteiger charge is -2.26. The molecular weight excluding hydrogens is 488 g/mol. The largest absolute Gasteiger partial charge is 0.416 e. The maximum atomic E-state index is 13.0. The summed E-state index contributed by atoms with van der Waals surface area (Å²) in [6.07, 6.45) is -3.35. The highest BCUT2D eigenvalue weighted by molar-refractivity contribution is 5.97. The molecule has 2 rings (SSSR count). The highest BCUT2D eigenvalue weighted by Gasteiger charge is 2.36. The average Bonchev–Trinajstić information content (AvgIpc) is 3.33. The Kier molecular flexibility index (Phi) is 10.2. The SMILES string of the molecule is N=C(N)NCCC[C@H](NC(=O)[C@@H]1CCCN1C(=O)CNC(=O)c1ccc(C(F)(F)F)cc1)C(=O)CF. The van der Waals surface area contributed by atoms with E-state index in [9.17, 15) is 36.7 Å². The van der Waals surface area contributed by atoms with Gasteiger partial charge < -0.3 is 26.6 Å². The van der Waals surface area contributed by atoms with Gasteiger partial charge in [0.25, 0.3) is 5.91 Å².